The average Bonchev–Trinajstić information content (AvgIpc) is 2.93. The van der Waals surface area contributed by atoms with E-state index < -0.39 is 23.2 Å². The highest BCUT2D eigenvalue weighted by molar-refractivity contribution is 9.10. The Bertz CT molecular complexity index is 610. The van der Waals surface area contributed by atoms with Crippen LogP contribution in [0.5, 0.6) is 0 Å². The van der Waals surface area contributed by atoms with Crippen molar-refractivity contribution in [3.63, 3.8) is 0 Å². The number of methoxy groups -OCH3 is 1. The van der Waals surface area contributed by atoms with E-state index in [9.17, 15) is 14.4 Å². The number of thioether (sulfide) groups is 1. The molecule has 2 amide bonds. The van der Waals surface area contributed by atoms with Gasteiger partial charge in [0.15, 0.2) is 0 Å². The molecule has 0 unspecified atom stereocenters. The number of rotatable bonds is 3. The van der Waals surface area contributed by atoms with Gasteiger partial charge in [-0.1, -0.05) is 0 Å². The Morgan fingerprint density at radius 1 is 1.50 bits per heavy atom. The van der Waals surface area contributed by atoms with Crippen LogP contribution in [-0.4, -0.2) is 35.2 Å². The second-order valence-corrected chi connectivity index (χ2v) is 6.77. The molecule has 8 heteroatoms. The van der Waals surface area contributed by atoms with Gasteiger partial charge in [0.05, 0.1) is 12.0 Å². The minimum absolute atomic E-state index is 0.306. The first kappa shape index (κ1) is 15.3. The number of carbonyl (C=O) groups excluding carboxylic acids is 3. The molecule has 1 aliphatic heterocycles. The van der Waals surface area contributed by atoms with Crippen molar-refractivity contribution in [1.29, 1.82) is 0 Å². The first-order valence-electron chi connectivity index (χ1n) is 5.53. The van der Waals surface area contributed by atoms with Crippen molar-refractivity contribution in [2.75, 3.05) is 7.11 Å². The molecule has 0 spiro atoms. The predicted molar refractivity (Wildman–Crippen MR) is 81.3 cm³/mol. The molecule has 0 bridgehead atoms. The third-order valence-electron chi connectivity index (χ3n) is 2.61. The number of hydrogen-bond donors (Lipinski definition) is 0. The molecule has 1 aliphatic rings. The maximum atomic E-state index is 12.2. The smallest absolute Gasteiger partial charge is 0.328 e. The first-order chi connectivity index (χ1) is 9.43. The summed E-state index contributed by atoms with van der Waals surface area (Å²) in [5.74, 6) is -1.09. The quantitative estimate of drug-likeness (QED) is 0.599. The van der Waals surface area contributed by atoms with Gasteiger partial charge in [-0.05, 0) is 46.8 Å². The van der Waals surface area contributed by atoms with Gasteiger partial charge >= 0.3 is 5.97 Å². The van der Waals surface area contributed by atoms with Crippen molar-refractivity contribution in [2.24, 2.45) is 0 Å². The zero-order chi connectivity index (χ0) is 14.9. The topological polar surface area (TPSA) is 63.7 Å². The van der Waals surface area contributed by atoms with Crippen molar-refractivity contribution >= 4 is 62.2 Å². The Kier molecular flexibility index (Phi) is 4.66. The van der Waals surface area contributed by atoms with E-state index in [4.69, 9.17) is 0 Å². The molecule has 0 N–H and O–H groups in total. The second kappa shape index (κ2) is 6.11. The Morgan fingerprint density at radius 3 is 2.75 bits per heavy atom. The normalized spacial score (nSPS) is 18.8. The van der Waals surface area contributed by atoms with E-state index in [1.54, 1.807) is 6.08 Å². The number of thiophene rings is 1. The van der Waals surface area contributed by atoms with E-state index in [0.717, 1.165) is 26.0 Å². The summed E-state index contributed by atoms with van der Waals surface area (Å²) >= 11 is 5.60. The minimum atomic E-state index is -0.923. The van der Waals surface area contributed by atoms with Crippen LogP contribution in [0, 0.1) is 0 Å². The first-order valence-corrected chi connectivity index (χ1v) is 8.02. The van der Waals surface area contributed by atoms with Gasteiger partial charge in [0.25, 0.3) is 11.1 Å². The van der Waals surface area contributed by atoms with Gasteiger partial charge in [0, 0.05) is 14.7 Å². The number of nitrogens with zero attached hydrogens (tertiary/aromatic N) is 1. The molecule has 1 aromatic rings. The van der Waals surface area contributed by atoms with Crippen molar-refractivity contribution in [2.45, 2.75) is 13.0 Å². The highest BCUT2D eigenvalue weighted by Crippen LogP contribution is 2.35. The molecule has 2 rings (SSSR count). The third kappa shape index (κ3) is 2.97. The molecule has 1 aromatic heterocycles. The van der Waals surface area contributed by atoms with Crippen LogP contribution in [0.1, 0.15) is 11.8 Å². The molecule has 0 radical (unpaired) electrons. The fraction of sp³-hybridized carbons (Fsp3) is 0.250. The summed E-state index contributed by atoms with van der Waals surface area (Å²) in [6, 6.07) is 0.927. The van der Waals surface area contributed by atoms with Crippen molar-refractivity contribution in [1.82, 2.24) is 4.90 Å². The van der Waals surface area contributed by atoms with Gasteiger partial charge in [-0.3, -0.25) is 14.5 Å². The number of ether oxygens (including phenoxy) is 1. The van der Waals surface area contributed by atoms with Gasteiger partial charge in [-0.25, -0.2) is 4.79 Å². The van der Waals surface area contributed by atoms with Crippen LogP contribution in [0.3, 0.4) is 0 Å². The van der Waals surface area contributed by atoms with Gasteiger partial charge in [0.1, 0.15) is 6.04 Å². The molecule has 1 fully saturated rings. The van der Waals surface area contributed by atoms with Crippen LogP contribution in [-0.2, 0) is 14.3 Å². The van der Waals surface area contributed by atoms with E-state index in [0.29, 0.717) is 4.91 Å². The van der Waals surface area contributed by atoms with Crippen LogP contribution in [0.2, 0.25) is 0 Å². The zero-order valence-electron chi connectivity index (χ0n) is 10.6. The van der Waals surface area contributed by atoms with Crippen LogP contribution < -0.4 is 0 Å². The number of halogens is 1. The van der Waals surface area contributed by atoms with E-state index >= 15 is 0 Å². The van der Waals surface area contributed by atoms with Crippen LogP contribution >= 0.6 is 39.0 Å². The molecule has 0 aliphatic carbocycles. The van der Waals surface area contributed by atoms with Gasteiger partial charge in [-0.15, -0.1) is 11.3 Å². The largest absolute Gasteiger partial charge is 0.467 e. The van der Waals surface area contributed by atoms with E-state index in [1.807, 2.05) is 11.4 Å². The molecular weight excluding hydrogens is 366 g/mol. The number of hydrogen-bond acceptors (Lipinski definition) is 6. The van der Waals surface area contributed by atoms with Crippen LogP contribution in [0.4, 0.5) is 4.79 Å². The summed E-state index contributed by atoms with van der Waals surface area (Å²) in [5, 5.41) is 1.42. The molecule has 1 atom stereocenters. The van der Waals surface area contributed by atoms with Crippen molar-refractivity contribution in [3.05, 3.63) is 25.7 Å². The van der Waals surface area contributed by atoms with Gasteiger partial charge in [-0.2, -0.15) is 0 Å². The monoisotopic (exact) mass is 375 g/mol. The van der Waals surface area contributed by atoms with E-state index in [1.165, 1.54) is 25.4 Å². The highest BCUT2D eigenvalue weighted by Gasteiger charge is 2.41. The molecule has 20 heavy (non-hydrogen) atoms. The summed E-state index contributed by atoms with van der Waals surface area (Å²) in [4.78, 5) is 37.6. The summed E-state index contributed by atoms with van der Waals surface area (Å²) in [6.45, 7) is 1.47. The minimum Gasteiger partial charge on any atom is -0.467 e. The Balaban J connectivity index is 2.25. The molecule has 5 nitrogen and oxygen atoms in total. The Morgan fingerprint density at radius 2 is 2.20 bits per heavy atom. The summed E-state index contributed by atoms with van der Waals surface area (Å²) in [6.07, 6.45) is 1.64. The number of amides is 2. The van der Waals surface area contributed by atoms with Gasteiger partial charge < -0.3 is 4.74 Å². The van der Waals surface area contributed by atoms with Crippen molar-refractivity contribution < 1.29 is 19.1 Å². The van der Waals surface area contributed by atoms with Crippen LogP contribution in [0.15, 0.2) is 20.8 Å². The van der Waals surface area contributed by atoms with E-state index in [-0.39, 0.29) is 0 Å². The molecule has 106 valence electrons. The summed E-state index contributed by atoms with van der Waals surface area (Å²) in [5.41, 5.74) is 0. The molecule has 2 heterocycles. The average molecular weight is 376 g/mol. The Labute approximate surface area is 132 Å². The number of imide groups is 1. The molecule has 1 saturated heterocycles. The molecular formula is C12H10BrNO4S2. The summed E-state index contributed by atoms with van der Waals surface area (Å²) < 4.78 is 5.47. The summed E-state index contributed by atoms with van der Waals surface area (Å²) in [7, 11) is 1.22. The SMILES string of the molecule is COC(=O)[C@@H](C)N1C(=O)S/C(=C\c2cc(Br)cs2)C1=O. The maximum absolute atomic E-state index is 12.2. The molecule has 0 aromatic carbocycles. The fourth-order valence-electron chi connectivity index (χ4n) is 1.62. The number of esters is 1. The standard InChI is InChI=1S/C12H10BrNO4S2/c1-6(11(16)18-2)14-10(15)9(20-12(14)17)4-8-3-7(13)5-19-8/h3-6H,1-2H3/b9-4-/t6-/m1/s1. The second-order valence-electron chi connectivity index (χ2n) is 3.92. The van der Waals surface area contributed by atoms with Gasteiger partial charge in [0.2, 0.25) is 0 Å². The lowest BCUT2D eigenvalue weighted by atomic mass is 10.3. The predicted octanol–water partition coefficient (Wildman–Crippen LogP) is 3.11. The molecule has 0 saturated carbocycles. The van der Waals surface area contributed by atoms with Crippen LogP contribution in [0.25, 0.3) is 6.08 Å². The van der Waals surface area contributed by atoms with E-state index in [2.05, 4.69) is 20.7 Å². The lowest BCUT2D eigenvalue weighted by Gasteiger charge is -2.18. The lowest BCUT2D eigenvalue weighted by molar-refractivity contribution is -0.148. The highest BCUT2D eigenvalue weighted by atomic mass is 79.9. The third-order valence-corrected chi connectivity index (χ3v) is 5.14. The fourth-order valence-corrected chi connectivity index (χ4v) is 3.97. The Hall–Kier alpha value is -1.12. The number of carbonyl (C=O) groups is 3. The lowest BCUT2D eigenvalue weighted by Crippen LogP contribution is -2.42. The van der Waals surface area contributed by atoms with Crippen molar-refractivity contribution in [3.8, 4) is 0 Å². The zero-order valence-corrected chi connectivity index (χ0v) is 13.8. The maximum Gasteiger partial charge on any atom is 0.328 e.